The van der Waals surface area contributed by atoms with Gasteiger partial charge in [-0.3, -0.25) is 4.79 Å². The summed E-state index contributed by atoms with van der Waals surface area (Å²) in [5, 5.41) is 2.92. The van der Waals surface area contributed by atoms with Crippen LogP contribution in [-0.2, 0) is 13.2 Å². The summed E-state index contributed by atoms with van der Waals surface area (Å²) in [5.74, 6) is 0.592. The van der Waals surface area contributed by atoms with Crippen molar-refractivity contribution in [1.29, 1.82) is 0 Å². The van der Waals surface area contributed by atoms with E-state index in [1.807, 2.05) is 38.1 Å². The Morgan fingerprint density at radius 1 is 1.04 bits per heavy atom. The summed E-state index contributed by atoms with van der Waals surface area (Å²) in [4.78, 5) is 12.2. The van der Waals surface area contributed by atoms with Gasteiger partial charge in [0.1, 0.15) is 18.1 Å². The minimum absolute atomic E-state index is 0.105. The van der Waals surface area contributed by atoms with Gasteiger partial charge in [0.25, 0.3) is 5.91 Å². The summed E-state index contributed by atoms with van der Waals surface area (Å²) in [5.41, 5.74) is 4.61. The van der Waals surface area contributed by atoms with Gasteiger partial charge in [-0.05, 0) is 43.7 Å². The normalized spacial score (nSPS) is 10.5. The number of carbonyl (C=O) groups excluding carboxylic acids is 1. The molecule has 5 nitrogen and oxygen atoms in total. The van der Waals surface area contributed by atoms with Crippen LogP contribution < -0.4 is 10.1 Å². The molecule has 0 aliphatic rings. The molecule has 3 rings (SSSR count). The fraction of sp³-hybridized carbons (Fsp3) is 0.211. The first-order valence-corrected chi connectivity index (χ1v) is 8.69. The number of ether oxygens (including phenoxy) is 1. The fourth-order valence-corrected chi connectivity index (χ4v) is 2.78. The number of amides is 1. The van der Waals surface area contributed by atoms with Gasteiger partial charge in [0.05, 0.1) is 17.4 Å². The number of aryl methyl sites for hydroxylation is 2. The zero-order valence-electron chi connectivity index (χ0n) is 14.2. The molecular formula is C19H19N3O2S. The summed E-state index contributed by atoms with van der Waals surface area (Å²) in [6.07, 6.45) is 0. The van der Waals surface area contributed by atoms with Crippen LogP contribution in [0.2, 0.25) is 0 Å². The maximum Gasteiger partial charge on any atom is 0.251 e. The van der Waals surface area contributed by atoms with Crippen molar-refractivity contribution in [3.63, 3.8) is 0 Å². The average Bonchev–Trinajstić information content (AvgIpc) is 3.04. The summed E-state index contributed by atoms with van der Waals surface area (Å²) in [6, 6.07) is 15.2. The predicted molar refractivity (Wildman–Crippen MR) is 97.8 cm³/mol. The molecule has 0 fully saturated rings. The zero-order chi connectivity index (χ0) is 17.6. The van der Waals surface area contributed by atoms with Gasteiger partial charge in [-0.2, -0.15) is 8.75 Å². The van der Waals surface area contributed by atoms with E-state index in [4.69, 9.17) is 4.74 Å². The molecule has 0 spiro atoms. The number of hydrogen-bond donors (Lipinski definition) is 1. The second kappa shape index (κ2) is 7.90. The number of nitrogens with one attached hydrogen (secondary N) is 1. The zero-order valence-corrected chi connectivity index (χ0v) is 15.0. The smallest absolute Gasteiger partial charge is 0.251 e. The molecule has 1 N–H and O–H groups in total. The van der Waals surface area contributed by atoms with Crippen molar-refractivity contribution in [2.24, 2.45) is 0 Å². The second-order valence-corrected chi connectivity index (χ2v) is 6.31. The monoisotopic (exact) mass is 353 g/mol. The number of rotatable bonds is 6. The Bertz CT molecular complexity index is 842. The van der Waals surface area contributed by atoms with Gasteiger partial charge in [0.15, 0.2) is 0 Å². The van der Waals surface area contributed by atoms with E-state index >= 15 is 0 Å². The molecular weight excluding hydrogens is 334 g/mol. The van der Waals surface area contributed by atoms with Gasteiger partial charge < -0.3 is 10.1 Å². The van der Waals surface area contributed by atoms with Crippen molar-refractivity contribution in [3.8, 4) is 5.75 Å². The van der Waals surface area contributed by atoms with Crippen LogP contribution in [0.5, 0.6) is 5.75 Å². The lowest BCUT2D eigenvalue weighted by Gasteiger charge is -2.08. The van der Waals surface area contributed by atoms with Crippen LogP contribution in [-0.4, -0.2) is 14.7 Å². The molecule has 0 atom stereocenters. The van der Waals surface area contributed by atoms with Crippen LogP contribution in [0.4, 0.5) is 0 Å². The lowest BCUT2D eigenvalue weighted by atomic mass is 10.1. The topological polar surface area (TPSA) is 64.1 Å². The molecule has 0 saturated carbocycles. The van der Waals surface area contributed by atoms with E-state index in [-0.39, 0.29) is 5.91 Å². The highest BCUT2D eigenvalue weighted by Crippen LogP contribution is 2.15. The van der Waals surface area contributed by atoms with Crippen molar-refractivity contribution in [2.75, 3.05) is 0 Å². The molecule has 128 valence electrons. The molecule has 25 heavy (non-hydrogen) atoms. The van der Waals surface area contributed by atoms with Gasteiger partial charge in [-0.1, -0.05) is 29.8 Å². The molecule has 0 bridgehead atoms. The van der Waals surface area contributed by atoms with Gasteiger partial charge in [0, 0.05) is 12.1 Å². The summed E-state index contributed by atoms with van der Waals surface area (Å²) < 4.78 is 14.0. The third kappa shape index (κ3) is 4.64. The van der Waals surface area contributed by atoms with E-state index < -0.39 is 0 Å². The molecule has 0 radical (unpaired) electrons. The first-order chi connectivity index (χ1) is 12.1. The quantitative estimate of drug-likeness (QED) is 0.734. The average molecular weight is 353 g/mol. The highest BCUT2D eigenvalue weighted by Gasteiger charge is 2.07. The van der Waals surface area contributed by atoms with Crippen molar-refractivity contribution >= 4 is 17.6 Å². The SMILES string of the molecule is Cc1ccc(CNC(=O)c2ccc(OCc3nsnc3C)cc2)cc1. The number of aromatic nitrogens is 2. The molecule has 3 aromatic rings. The lowest BCUT2D eigenvalue weighted by molar-refractivity contribution is 0.0951. The Labute approximate surface area is 151 Å². The minimum Gasteiger partial charge on any atom is -0.487 e. The Kier molecular flexibility index (Phi) is 5.40. The van der Waals surface area contributed by atoms with E-state index in [0.717, 1.165) is 17.0 Å². The molecule has 0 saturated heterocycles. The van der Waals surface area contributed by atoms with Gasteiger partial charge in [0.2, 0.25) is 0 Å². The summed E-state index contributed by atoms with van der Waals surface area (Å²) in [6.45, 7) is 4.83. The maximum atomic E-state index is 12.2. The van der Waals surface area contributed by atoms with Gasteiger partial charge >= 0.3 is 0 Å². The van der Waals surface area contributed by atoms with Gasteiger partial charge in [-0.25, -0.2) is 0 Å². The Balaban J connectivity index is 1.53. The van der Waals surface area contributed by atoms with Crippen molar-refractivity contribution < 1.29 is 9.53 Å². The van der Waals surface area contributed by atoms with Crippen LogP contribution in [0.25, 0.3) is 0 Å². The number of benzene rings is 2. The number of carbonyl (C=O) groups is 1. The predicted octanol–water partition coefficient (Wildman–Crippen LogP) is 3.66. The van der Waals surface area contributed by atoms with Crippen molar-refractivity contribution in [2.45, 2.75) is 27.0 Å². The van der Waals surface area contributed by atoms with Crippen LogP contribution in [0.1, 0.15) is 32.9 Å². The molecule has 1 amide bonds. The molecule has 1 aromatic heterocycles. The van der Waals surface area contributed by atoms with E-state index in [2.05, 4.69) is 14.1 Å². The first kappa shape index (κ1) is 17.1. The Morgan fingerprint density at radius 2 is 1.76 bits per heavy atom. The largest absolute Gasteiger partial charge is 0.487 e. The minimum atomic E-state index is -0.105. The Hall–Kier alpha value is -2.73. The highest BCUT2D eigenvalue weighted by atomic mass is 32.1. The third-order valence-corrected chi connectivity index (χ3v) is 4.47. The molecule has 0 aliphatic heterocycles. The maximum absolute atomic E-state index is 12.2. The molecule has 6 heteroatoms. The molecule has 2 aromatic carbocycles. The molecule has 1 heterocycles. The third-order valence-electron chi connectivity index (χ3n) is 3.81. The van der Waals surface area contributed by atoms with E-state index in [9.17, 15) is 4.79 Å². The lowest BCUT2D eigenvalue weighted by Crippen LogP contribution is -2.22. The fourth-order valence-electron chi connectivity index (χ4n) is 2.23. The first-order valence-electron chi connectivity index (χ1n) is 7.96. The standard InChI is InChI=1S/C19H19N3O2S/c1-13-3-5-15(6-4-13)11-20-19(23)16-7-9-17(10-8-16)24-12-18-14(2)21-25-22-18/h3-10H,11-12H2,1-2H3,(H,20,23). The van der Waals surface area contributed by atoms with Crippen LogP contribution >= 0.6 is 11.7 Å². The van der Waals surface area contributed by atoms with Crippen LogP contribution in [0.15, 0.2) is 48.5 Å². The highest BCUT2D eigenvalue weighted by molar-refractivity contribution is 6.99. The second-order valence-electron chi connectivity index (χ2n) is 5.78. The molecule has 0 unspecified atom stereocenters. The van der Waals surface area contributed by atoms with Gasteiger partial charge in [-0.15, -0.1) is 0 Å². The van der Waals surface area contributed by atoms with E-state index in [1.165, 1.54) is 17.3 Å². The number of hydrogen-bond acceptors (Lipinski definition) is 5. The molecule has 0 aliphatic carbocycles. The van der Waals surface area contributed by atoms with Crippen LogP contribution in [0.3, 0.4) is 0 Å². The van der Waals surface area contributed by atoms with Crippen molar-refractivity contribution in [1.82, 2.24) is 14.1 Å². The van der Waals surface area contributed by atoms with E-state index in [1.54, 1.807) is 24.3 Å². The number of nitrogens with zero attached hydrogens (tertiary/aromatic N) is 2. The van der Waals surface area contributed by atoms with E-state index in [0.29, 0.717) is 24.5 Å². The van der Waals surface area contributed by atoms with Crippen LogP contribution in [0, 0.1) is 13.8 Å². The summed E-state index contributed by atoms with van der Waals surface area (Å²) in [7, 11) is 0. The Morgan fingerprint density at radius 3 is 2.40 bits per heavy atom. The summed E-state index contributed by atoms with van der Waals surface area (Å²) >= 11 is 1.18. The van der Waals surface area contributed by atoms with Crippen molar-refractivity contribution in [3.05, 3.63) is 76.6 Å².